The zero-order valence-electron chi connectivity index (χ0n) is 11.6. The molecule has 1 fully saturated rings. The lowest BCUT2D eigenvalue weighted by molar-refractivity contribution is 0.595. The molecule has 5 heteroatoms. The molecule has 1 unspecified atom stereocenters. The molecule has 0 bridgehead atoms. The van der Waals surface area contributed by atoms with Gasteiger partial charge in [-0.05, 0) is 36.9 Å². The van der Waals surface area contributed by atoms with Crippen LogP contribution in [0.3, 0.4) is 0 Å². The average molecular weight is 282 g/mol. The van der Waals surface area contributed by atoms with Gasteiger partial charge in [-0.1, -0.05) is 25.1 Å². The highest BCUT2D eigenvalue weighted by atomic mass is 32.2. The first-order valence-corrected chi connectivity index (χ1v) is 8.66. The molecule has 0 saturated carbocycles. The molecule has 1 aromatic rings. The summed E-state index contributed by atoms with van der Waals surface area (Å²) in [7, 11) is -3.22. The van der Waals surface area contributed by atoms with Crippen molar-refractivity contribution in [2.45, 2.75) is 25.7 Å². The van der Waals surface area contributed by atoms with Crippen LogP contribution in [-0.2, 0) is 10.0 Å². The highest BCUT2D eigenvalue weighted by molar-refractivity contribution is 7.92. The van der Waals surface area contributed by atoms with Crippen molar-refractivity contribution in [1.29, 1.82) is 0 Å². The molecule has 4 nitrogen and oxygen atoms in total. The van der Waals surface area contributed by atoms with E-state index in [1.165, 1.54) is 6.26 Å². The minimum Gasteiger partial charge on any atom is -0.316 e. The van der Waals surface area contributed by atoms with Gasteiger partial charge in [0.15, 0.2) is 0 Å². The first kappa shape index (κ1) is 14.3. The van der Waals surface area contributed by atoms with E-state index in [0.29, 0.717) is 12.5 Å². The average Bonchev–Trinajstić information content (AvgIpc) is 2.88. The number of sulfonamides is 1. The summed E-state index contributed by atoms with van der Waals surface area (Å²) < 4.78 is 25.5. The minimum absolute atomic E-state index is 0.414. The smallest absolute Gasteiger partial charge is 0.232 e. The molecule has 106 valence electrons. The Morgan fingerprint density at radius 3 is 2.68 bits per heavy atom. The maximum absolute atomic E-state index is 12.0. The molecule has 2 rings (SSSR count). The van der Waals surface area contributed by atoms with E-state index in [1.54, 1.807) is 4.31 Å². The summed E-state index contributed by atoms with van der Waals surface area (Å²) in [5, 5.41) is 3.34. The number of rotatable bonds is 5. The van der Waals surface area contributed by atoms with Gasteiger partial charge in [-0.15, -0.1) is 0 Å². The summed E-state index contributed by atoms with van der Waals surface area (Å²) in [5.74, 6) is 0.414. The maximum Gasteiger partial charge on any atom is 0.232 e. The van der Waals surface area contributed by atoms with Crippen LogP contribution < -0.4 is 9.62 Å². The quantitative estimate of drug-likeness (QED) is 0.898. The molecule has 0 amide bonds. The lowest BCUT2D eigenvalue weighted by Crippen LogP contribution is -2.31. The monoisotopic (exact) mass is 282 g/mol. The highest BCUT2D eigenvalue weighted by Crippen LogP contribution is 2.32. The van der Waals surface area contributed by atoms with Gasteiger partial charge >= 0.3 is 0 Å². The van der Waals surface area contributed by atoms with Crippen molar-refractivity contribution < 1.29 is 8.42 Å². The Morgan fingerprint density at radius 2 is 2.11 bits per heavy atom. The van der Waals surface area contributed by atoms with Crippen LogP contribution in [0.25, 0.3) is 0 Å². The van der Waals surface area contributed by atoms with Gasteiger partial charge in [0, 0.05) is 13.1 Å². The number of anilines is 1. The maximum atomic E-state index is 12.0. The predicted octanol–water partition coefficient (Wildman–Crippen LogP) is 1.94. The lowest BCUT2D eigenvalue weighted by atomic mass is 9.96. The van der Waals surface area contributed by atoms with Crippen LogP contribution in [0.1, 0.15) is 31.2 Å². The van der Waals surface area contributed by atoms with Crippen LogP contribution in [0.5, 0.6) is 0 Å². The van der Waals surface area contributed by atoms with Crippen LogP contribution in [0, 0.1) is 0 Å². The Kier molecular flexibility index (Phi) is 4.47. The summed E-state index contributed by atoms with van der Waals surface area (Å²) in [6.07, 6.45) is 3.16. The number of nitrogens with zero attached hydrogens (tertiary/aromatic N) is 1. The molecule has 1 aliphatic heterocycles. The van der Waals surface area contributed by atoms with Crippen molar-refractivity contribution in [3.63, 3.8) is 0 Å². The fourth-order valence-electron chi connectivity index (χ4n) is 2.65. The number of hydrogen-bond acceptors (Lipinski definition) is 3. The molecule has 0 aliphatic carbocycles. The van der Waals surface area contributed by atoms with Gasteiger partial charge < -0.3 is 5.32 Å². The van der Waals surface area contributed by atoms with Gasteiger partial charge in [0.05, 0.1) is 11.9 Å². The Morgan fingerprint density at radius 1 is 1.37 bits per heavy atom. The van der Waals surface area contributed by atoms with Crippen molar-refractivity contribution in [2.24, 2.45) is 0 Å². The predicted molar refractivity (Wildman–Crippen MR) is 79.2 cm³/mol. The van der Waals surface area contributed by atoms with E-state index in [2.05, 4.69) is 11.4 Å². The molecule has 1 atom stereocenters. The van der Waals surface area contributed by atoms with Gasteiger partial charge in [0.2, 0.25) is 10.0 Å². The van der Waals surface area contributed by atoms with Gasteiger partial charge in [-0.3, -0.25) is 4.31 Å². The van der Waals surface area contributed by atoms with E-state index in [-0.39, 0.29) is 0 Å². The van der Waals surface area contributed by atoms with E-state index in [0.717, 1.165) is 37.2 Å². The number of para-hydroxylation sites is 1. The minimum atomic E-state index is -3.22. The second-order valence-electron chi connectivity index (χ2n) is 5.08. The first-order chi connectivity index (χ1) is 9.04. The molecular formula is C14H22N2O2S. The van der Waals surface area contributed by atoms with Gasteiger partial charge in [0.1, 0.15) is 0 Å². The summed E-state index contributed by atoms with van der Waals surface area (Å²) in [6, 6.07) is 7.88. The normalized spacial score (nSPS) is 19.6. The molecule has 1 aliphatic rings. The molecule has 19 heavy (non-hydrogen) atoms. The number of nitrogens with one attached hydrogen (secondary N) is 1. The van der Waals surface area contributed by atoms with Crippen LogP contribution in [0.2, 0.25) is 0 Å². The third kappa shape index (κ3) is 3.28. The SMILES string of the molecule is CCCN(c1ccccc1C1CCNC1)S(C)(=O)=O. The number of benzene rings is 1. The van der Waals surface area contributed by atoms with Gasteiger partial charge in [-0.2, -0.15) is 0 Å². The lowest BCUT2D eigenvalue weighted by Gasteiger charge is -2.26. The van der Waals surface area contributed by atoms with E-state index in [4.69, 9.17) is 0 Å². The van der Waals surface area contributed by atoms with Crippen LogP contribution in [0.4, 0.5) is 5.69 Å². The molecule has 1 N–H and O–H groups in total. The standard InChI is InChI=1S/C14H22N2O2S/c1-3-10-16(19(2,17)18)14-7-5-4-6-13(14)12-8-9-15-11-12/h4-7,12,15H,3,8-11H2,1-2H3. The summed E-state index contributed by atoms with van der Waals surface area (Å²) >= 11 is 0. The third-order valence-electron chi connectivity index (χ3n) is 3.53. The topological polar surface area (TPSA) is 49.4 Å². The van der Waals surface area contributed by atoms with Crippen molar-refractivity contribution in [3.05, 3.63) is 29.8 Å². The first-order valence-electron chi connectivity index (χ1n) is 6.81. The fraction of sp³-hybridized carbons (Fsp3) is 0.571. The van der Waals surface area contributed by atoms with Gasteiger partial charge in [0.25, 0.3) is 0 Å². The van der Waals surface area contributed by atoms with E-state index in [1.807, 2.05) is 25.1 Å². The number of hydrogen-bond donors (Lipinski definition) is 1. The zero-order valence-corrected chi connectivity index (χ0v) is 12.4. The zero-order chi connectivity index (χ0) is 13.9. The summed E-state index contributed by atoms with van der Waals surface area (Å²) in [4.78, 5) is 0. The van der Waals surface area contributed by atoms with Crippen molar-refractivity contribution in [2.75, 3.05) is 30.2 Å². The Hall–Kier alpha value is -1.07. The third-order valence-corrected chi connectivity index (χ3v) is 4.71. The van der Waals surface area contributed by atoms with E-state index < -0.39 is 10.0 Å². The fourth-order valence-corrected chi connectivity index (χ4v) is 3.69. The molecule has 0 spiro atoms. The Labute approximate surface area is 115 Å². The van der Waals surface area contributed by atoms with Gasteiger partial charge in [-0.25, -0.2) is 8.42 Å². The largest absolute Gasteiger partial charge is 0.316 e. The molecule has 0 aromatic heterocycles. The van der Waals surface area contributed by atoms with Crippen molar-refractivity contribution >= 4 is 15.7 Å². The van der Waals surface area contributed by atoms with Crippen molar-refractivity contribution in [1.82, 2.24) is 5.32 Å². The second kappa shape index (κ2) is 5.92. The second-order valence-corrected chi connectivity index (χ2v) is 6.99. The summed E-state index contributed by atoms with van der Waals surface area (Å²) in [5.41, 5.74) is 1.99. The molecule has 0 radical (unpaired) electrons. The molecular weight excluding hydrogens is 260 g/mol. The summed E-state index contributed by atoms with van der Waals surface area (Å²) in [6.45, 7) is 4.47. The molecule has 1 aromatic carbocycles. The highest BCUT2D eigenvalue weighted by Gasteiger charge is 2.24. The van der Waals surface area contributed by atoms with E-state index in [9.17, 15) is 8.42 Å². The Balaban J connectivity index is 2.41. The van der Waals surface area contributed by atoms with Crippen LogP contribution >= 0.6 is 0 Å². The van der Waals surface area contributed by atoms with Crippen molar-refractivity contribution in [3.8, 4) is 0 Å². The van der Waals surface area contributed by atoms with Crippen LogP contribution in [-0.4, -0.2) is 34.3 Å². The molecule has 1 heterocycles. The van der Waals surface area contributed by atoms with E-state index >= 15 is 0 Å². The Bertz CT molecular complexity index is 522. The van der Waals surface area contributed by atoms with Crippen LogP contribution in [0.15, 0.2) is 24.3 Å². The molecule has 1 saturated heterocycles.